The Morgan fingerprint density at radius 1 is 1.03 bits per heavy atom. The summed E-state index contributed by atoms with van der Waals surface area (Å²) >= 11 is 1.74. The number of thiophene rings is 1. The van der Waals surface area contributed by atoms with Crippen LogP contribution in [-0.2, 0) is 11.3 Å². The van der Waals surface area contributed by atoms with E-state index >= 15 is 0 Å². The number of aryl methyl sites for hydroxylation is 2. The highest BCUT2D eigenvalue weighted by molar-refractivity contribution is 7.17. The first kappa shape index (κ1) is 22.1. The second-order valence-corrected chi connectivity index (χ2v) is 8.59. The van der Waals surface area contributed by atoms with Crippen LogP contribution in [-0.4, -0.2) is 76.9 Å². The van der Waals surface area contributed by atoms with Gasteiger partial charge in [0, 0.05) is 57.6 Å². The minimum Gasteiger partial charge on any atom is -0.378 e. The van der Waals surface area contributed by atoms with Gasteiger partial charge >= 0.3 is 0 Å². The fraction of sp³-hybridized carbons (Fsp3) is 0.591. The van der Waals surface area contributed by atoms with Crippen LogP contribution in [0.2, 0.25) is 0 Å². The summed E-state index contributed by atoms with van der Waals surface area (Å²) in [5.41, 5.74) is 3.37. The van der Waals surface area contributed by atoms with E-state index in [9.17, 15) is 0 Å². The Morgan fingerprint density at radius 2 is 1.77 bits per heavy atom. The third-order valence-corrected chi connectivity index (χ3v) is 6.60. The summed E-state index contributed by atoms with van der Waals surface area (Å²) in [6.07, 6.45) is 2.07. The van der Waals surface area contributed by atoms with E-state index in [2.05, 4.69) is 36.2 Å². The van der Waals surface area contributed by atoms with Crippen LogP contribution in [0, 0.1) is 13.8 Å². The van der Waals surface area contributed by atoms with Crippen LogP contribution in [0.15, 0.2) is 11.6 Å². The molecule has 0 aromatic carbocycles. The molecule has 31 heavy (non-hydrogen) atoms. The van der Waals surface area contributed by atoms with Crippen LogP contribution in [0.3, 0.4) is 0 Å². The largest absolute Gasteiger partial charge is 0.378 e. The molecule has 0 unspecified atom stereocenters. The van der Waals surface area contributed by atoms with Gasteiger partial charge in [-0.25, -0.2) is 9.97 Å². The fourth-order valence-electron chi connectivity index (χ4n) is 4.06. The van der Waals surface area contributed by atoms with Gasteiger partial charge in [0.1, 0.15) is 5.82 Å². The van der Waals surface area contributed by atoms with E-state index in [1.807, 2.05) is 27.7 Å². The van der Waals surface area contributed by atoms with Gasteiger partial charge in [0.2, 0.25) is 5.95 Å². The van der Waals surface area contributed by atoms with Gasteiger partial charge in [0.05, 0.1) is 29.1 Å². The van der Waals surface area contributed by atoms with E-state index < -0.39 is 0 Å². The molecule has 0 bridgehead atoms. The maximum Gasteiger partial charge on any atom is 0.228 e. The van der Waals surface area contributed by atoms with E-state index in [0.717, 1.165) is 92.5 Å². The van der Waals surface area contributed by atoms with Gasteiger partial charge in [0.15, 0.2) is 5.82 Å². The number of hydrogen-bond acceptors (Lipinski definition) is 8. The molecule has 0 atom stereocenters. The highest BCUT2D eigenvalue weighted by Crippen LogP contribution is 2.32. The summed E-state index contributed by atoms with van der Waals surface area (Å²) in [5.74, 6) is 2.68. The van der Waals surface area contributed by atoms with Crippen LogP contribution in [0.1, 0.15) is 30.9 Å². The number of fused-ring (bicyclic) bond motifs is 1. The Balaban J connectivity index is 0.00000112. The molecule has 2 fully saturated rings. The lowest BCUT2D eigenvalue weighted by atomic mass is 10.2. The molecule has 2 saturated heterocycles. The van der Waals surface area contributed by atoms with E-state index in [1.54, 1.807) is 11.3 Å². The number of rotatable bonds is 4. The second-order valence-electron chi connectivity index (χ2n) is 7.71. The summed E-state index contributed by atoms with van der Waals surface area (Å²) in [4.78, 5) is 19.4. The average molecular weight is 444 g/mol. The first-order valence-corrected chi connectivity index (χ1v) is 12.1. The number of imidazole rings is 1. The van der Waals surface area contributed by atoms with Crippen molar-refractivity contribution in [2.24, 2.45) is 0 Å². The second kappa shape index (κ2) is 10.0. The molecule has 3 aromatic rings. The quantitative estimate of drug-likeness (QED) is 0.665. The molecule has 2 aliphatic rings. The zero-order valence-electron chi connectivity index (χ0n) is 19.0. The molecule has 1 N–H and O–H groups in total. The molecule has 168 valence electrons. The normalized spacial score (nSPS) is 17.6. The number of aromatic nitrogens is 4. The summed E-state index contributed by atoms with van der Waals surface area (Å²) in [7, 11) is 0. The molecular formula is C22H33N7OS. The van der Waals surface area contributed by atoms with Crippen molar-refractivity contribution < 1.29 is 4.74 Å². The molecule has 0 spiro atoms. The molecule has 0 amide bonds. The standard InChI is InChI=1S/C20H27N7OS.C2H6/c1-14-11-27(15(2)22-14)19-18-17(23-20(24-19)26-7-9-28-10-8-26)16(13-29-18)12-25-5-3-21-4-6-25;1-2/h11,13,21H,3-10,12H2,1-2H3;1-2H3. The third kappa shape index (κ3) is 4.74. The SMILES string of the molecule is CC.Cc1cn(-c2nc(N3CCOCC3)nc3c(CN4CCNCC4)csc23)c(C)n1. The zero-order chi connectivity index (χ0) is 21.8. The Morgan fingerprint density at radius 3 is 2.45 bits per heavy atom. The van der Waals surface area contributed by atoms with Gasteiger partial charge in [-0.1, -0.05) is 13.8 Å². The van der Waals surface area contributed by atoms with Gasteiger partial charge < -0.3 is 15.0 Å². The van der Waals surface area contributed by atoms with Gasteiger partial charge in [-0.3, -0.25) is 9.47 Å². The average Bonchev–Trinajstić information content (AvgIpc) is 3.38. The molecule has 2 aliphatic heterocycles. The lowest BCUT2D eigenvalue weighted by Crippen LogP contribution is -2.42. The van der Waals surface area contributed by atoms with Crippen molar-refractivity contribution in [1.29, 1.82) is 0 Å². The molecule has 5 heterocycles. The van der Waals surface area contributed by atoms with Gasteiger partial charge in [0.25, 0.3) is 0 Å². The minimum absolute atomic E-state index is 0.719. The number of nitrogens with one attached hydrogen (secondary N) is 1. The molecule has 9 heteroatoms. The van der Waals surface area contributed by atoms with Crippen molar-refractivity contribution in [3.05, 3.63) is 28.7 Å². The zero-order valence-corrected chi connectivity index (χ0v) is 19.8. The number of piperazine rings is 1. The highest BCUT2D eigenvalue weighted by atomic mass is 32.1. The van der Waals surface area contributed by atoms with Gasteiger partial charge in [-0.2, -0.15) is 4.98 Å². The minimum atomic E-state index is 0.719. The Labute approximate surface area is 188 Å². The first-order valence-electron chi connectivity index (χ1n) is 11.3. The van der Waals surface area contributed by atoms with Gasteiger partial charge in [-0.05, 0) is 19.2 Å². The van der Waals surface area contributed by atoms with Crippen LogP contribution < -0.4 is 10.2 Å². The number of nitrogens with zero attached hydrogens (tertiary/aromatic N) is 6. The van der Waals surface area contributed by atoms with Crippen molar-refractivity contribution in [2.45, 2.75) is 34.2 Å². The summed E-state index contributed by atoms with van der Waals surface area (Å²) in [5, 5.41) is 5.69. The van der Waals surface area contributed by atoms with Crippen molar-refractivity contribution in [3.8, 4) is 5.82 Å². The predicted molar refractivity (Wildman–Crippen MR) is 127 cm³/mol. The van der Waals surface area contributed by atoms with E-state index in [4.69, 9.17) is 14.7 Å². The maximum absolute atomic E-state index is 5.53. The Hall–Kier alpha value is -2.07. The van der Waals surface area contributed by atoms with E-state index in [-0.39, 0.29) is 0 Å². The molecule has 8 nitrogen and oxygen atoms in total. The van der Waals surface area contributed by atoms with E-state index in [1.165, 1.54) is 5.56 Å². The summed E-state index contributed by atoms with van der Waals surface area (Å²) < 4.78 is 8.77. The lowest BCUT2D eigenvalue weighted by molar-refractivity contribution is 0.122. The maximum atomic E-state index is 5.53. The monoisotopic (exact) mass is 443 g/mol. The number of anilines is 1. The van der Waals surface area contributed by atoms with Crippen LogP contribution in [0.25, 0.3) is 16.0 Å². The molecular weight excluding hydrogens is 410 g/mol. The van der Waals surface area contributed by atoms with Crippen LogP contribution >= 0.6 is 11.3 Å². The van der Waals surface area contributed by atoms with Gasteiger partial charge in [-0.15, -0.1) is 11.3 Å². The topological polar surface area (TPSA) is 71.3 Å². The molecule has 3 aromatic heterocycles. The molecule has 0 saturated carbocycles. The smallest absolute Gasteiger partial charge is 0.228 e. The summed E-state index contributed by atoms with van der Waals surface area (Å²) in [6, 6.07) is 0. The van der Waals surface area contributed by atoms with Crippen molar-refractivity contribution in [1.82, 2.24) is 29.7 Å². The fourth-order valence-corrected chi connectivity index (χ4v) is 5.05. The first-order chi connectivity index (χ1) is 15.2. The summed E-state index contributed by atoms with van der Waals surface area (Å²) in [6.45, 7) is 16.3. The number of morpholine rings is 1. The van der Waals surface area contributed by atoms with Crippen molar-refractivity contribution in [3.63, 3.8) is 0 Å². The predicted octanol–water partition coefficient (Wildman–Crippen LogP) is 2.76. The Bertz CT molecular complexity index is 1000. The Kier molecular flexibility index (Phi) is 7.16. The third-order valence-electron chi connectivity index (χ3n) is 5.59. The van der Waals surface area contributed by atoms with E-state index in [0.29, 0.717) is 0 Å². The highest BCUT2D eigenvalue weighted by Gasteiger charge is 2.22. The number of ether oxygens (including phenoxy) is 1. The number of hydrogen-bond donors (Lipinski definition) is 1. The molecule has 0 radical (unpaired) electrons. The lowest BCUT2D eigenvalue weighted by Gasteiger charge is -2.28. The molecule has 0 aliphatic carbocycles. The molecule has 5 rings (SSSR count). The van der Waals surface area contributed by atoms with Crippen molar-refractivity contribution in [2.75, 3.05) is 57.4 Å². The van der Waals surface area contributed by atoms with Crippen molar-refractivity contribution >= 4 is 27.5 Å². The van der Waals surface area contributed by atoms with Crippen LogP contribution in [0.5, 0.6) is 0 Å². The van der Waals surface area contributed by atoms with Crippen LogP contribution in [0.4, 0.5) is 5.95 Å².